The number of hydrogen-bond donors (Lipinski definition) is 10. The van der Waals surface area contributed by atoms with Crippen molar-refractivity contribution in [1.29, 1.82) is 0 Å². The largest absolute Gasteiger partial charge is 0.480 e. The Balaban J connectivity index is 1.89. The second-order valence-electron chi connectivity index (χ2n) is 7.26. The molecule has 27 heavy (non-hydrogen) atoms. The Morgan fingerprint density at radius 3 is 2.41 bits per heavy atom. The lowest BCUT2D eigenvalue weighted by Crippen LogP contribution is -2.96. The van der Waals surface area contributed by atoms with Crippen LogP contribution in [0.25, 0.3) is 0 Å². The Labute approximate surface area is 150 Å². The van der Waals surface area contributed by atoms with Crippen molar-refractivity contribution in [3.63, 3.8) is 0 Å². The summed E-state index contributed by atoms with van der Waals surface area (Å²) in [6.07, 6.45) is -11.5. The van der Waals surface area contributed by atoms with Crippen molar-refractivity contribution in [2.75, 3.05) is 0 Å². The van der Waals surface area contributed by atoms with Gasteiger partial charge in [0, 0.05) is 0 Å². The zero-order valence-electron chi connectivity index (χ0n) is 13.6. The smallest absolute Gasteiger partial charge is 0.323 e. The topological polar surface area (TPSA) is 254 Å². The molecule has 152 valence electrons. The fourth-order valence-electron chi connectivity index (χ4n) is 4.76. The zero-order chi connectivity index (χ0) is 20.1. The molecule has 5 rings (SSSR count). The Kier molecular flexibility index (Phi) is 3.64. The maximum absolute atomic E-state index is 11.2. The van der Waals surface area contributed by atoms with Gasteiger partial charge in [0.05, 0.1) is 5.92 Å². The van der Waals surface area contributed by atoms with Gasteiger partial charge < -0.3 is 62.0 Å². The van der Waals surface area contributed by atoms with E-state index in [1.807, 2.05) is 0 Å². The molecule has 4 fully saturated rings. The number of nitrogens with one attached hydrogen (secondary N) is 1. The van der Waals surface area contributed by atoms with Gasteiger partial charge in [-0.1, -0.05) is 0 Å². The van der Waals surface area contributed by atoms with Crippen LogP contribution in [0.4, 0.5) is 0 Å². The molecular weight excluding hydrogens is 372 g/mol. The molecule has 7 unspecified atom stereocenters. The summed E-state index contributed by atoms with van der Waals surface area (Å²) < 4.78 is 10.3. The van der Waals surface area contributed by atoms with E-state index in [1.165, 1.54) is 0 Å². The van der Waals surface area contributed by atoms with Gasteiger partial charge >= 0.3 is 11.9 Å². The molecule has 12 N–H and O–H groups in total. The number of nitrogens with two attached hydrogens (primary N) is 2. The fourth-order valence-corrected chi connectivity index (χ4v) is 4.76. The quantitative estimate of drug-likeness (QED) is 0.214. The van der Waals surface area contributed by atoms with Crippen LogP contribution in [0.5, 0.6) is 0 Å². The minimum absolute atomic E-state index is 0.367. The average Bonchev–Trinajstić information content (AvgIpc) is 2.58. The predicted molar refractivity (Wildman–Crippen MR) is 80.3 cm³/mol. The first kappa shape index (κ1) is 18.7. The van der Waals surface area contributed by atoms with E-state index in [-0.39, 0.29) is 5.96 Å². The SMILES string of the molecule is NC1=NC(O)C2C3OC4(O)OC([C@@H](O)[C@@]2(N1)[C@@H]4O)[C@]3(O)C(O)C(N)C(=O)O. The number of guanidine groups is 1. The molecule has 3 saturated heterocycles. The van der Waals surface area contributed by atoms with Gasteiger partial charge in [-0.05, 0) is 0 Å². The van der Waals surface area contributed by atoms with Gasteiger partial charge in [-0.3, -0.25) is 4.79 Å². The van der Waals surface area contributed by atoms with Crippen LogP contribution in [0.3, 0.4) is 0 Å². The molecule has 5 aliphatic rings. The second kappa shape index (κ2) is 5.25. The van der Waals surface area contributed by atoms with Crippen LogP contribution < -0.4 is 16.8 Å². The highest BCUT2D eigenvalue weighted by molar-refractivity contribution is 5.80. The minimum atomic E-state index is -2.74. The highest BCUT2D eigenvalue weighted by atomic mass is 16.9. The van der Waals surface area contributed by atoms with Crippen molar-refractivity contribution >= 4 is 11.9 Å². The first-order valence-electron chi connectivity index (χ1n) is 8.03. The summed E-state index contributed by atoms with van der Waals surface area (Å²) in [5.74, 6) is -6.24. The summed E-state index contributed by atoms with van der Waals surface area (Å²) in [5, 5.41) is 75.5. The van der Waals surface area contributed by atoms with Crippen LogP contribution in [0.1, 0.15) is 0 Å². The first-order valence-corrected chi connectivity index (χ1v) is 8.03. The van der Waals surface area contributed by atoms with E-state index in [1.54, 1.807) is 0 Å². The minimum Gasteiger partial charge on any atom is -0.480 e. The van der Waals surface area contributed by atoms with Gasteiger partial charge in [0.15, 0.2) is 18.3 Å². The van der Waals surface area contributed by atoms with Gasteiger partial charge in [-0.15, -0.1) is 0 Å². The number of aliphatic hydroxyl groups excluding tert-OH is 4. The van der Waals surface area contributed by atoms with Crippen molar-refractivity contribution in [1.82, 2.24) is 5.32 Å². The molecule has 1 spiro atoms. The lowest BCUT2D eigenvalue weighted by atomic mass is 9.53. The Hall–Kier alpha value is -1.62. The molecule has 4 bridgehead atoms. The second-order valence-corrected chi connectivity index (χ2v) is 7.26. The number of carboxylic acids is 1. The highest BCUT2D eigenvalue weighted by Crippen LogP contribution is 2.59. The van der Waals surface area contributed by atoms with Crippen LogP contribution in [-0.2, 0) is 14.3 Å². The van der Waals surface area contributed by atoms with Gasteiger partial charge in [-0.2, -0.15) is 0 Å². The van der Waals surface area contributed by atoms with Gasteiger partial charge in [0.25, 0.3) is 0 Å². The average molecular weight is 392 g/mol. The molecule has 11 atom stereocenters. The van der Waals surface area contributed by atoms with Crippen LogP contribution >= 0.6 is 0 Å². The molecule has 0 aromatic heterocycles. The summed E-state index contributed by atoms with van der Waals surface area (Å²) in [5.41, 5.74) is 6.36. The van der Waals surface area contributed by atoms with E-state index in [0.717, 1.165) is 0 Å². The molecule has 4 heterocycles. The number of rotatable bonds is 3. The third-order valence-electron chi connectivity index (χ3n) is 5.99. The normalized spacial score (nSPS) is 55.3. The molecule has 1 saturated carbocycles. The molecule has 1 aliphatic carbocycles. The number of ether oxygens (including phenoxy) is 2. The number of aliphatic hydroxyl groups is 6. The van der Waals surface area contributed by atoms with E-state index >= 15 is 0 Å². The summed E-state index contributed by atoms with van der Waals surface area (Å²) in [6.45, 7) is 0. The van der Waals surface area contributed by atoms with E-state index in [4.69, 9.17) is 26.0 Å². The summed E-state index contributed by atoms with van der Waals surface area (Å²) in [7, 11) is 0. The van der Waals surface area contributed by atoms with Crippen LogP contribution in [0.15, 0.2) is 4.99 Å². The lowest BCUT2D eigenvalue weighted by Gasteiger charge is -2.72. The Morgan fingerprint density at radius 1 is 1.22 bits per heavy atom. The summed E-state index contributed by atoms with van der Waals surface area (Å²) in [4.78, 5) is 14.8. The van der Waals surface area contributed by atoms with E-state index < -0.39 is 71.8 Å². The first-order chi connectivity index (χ1) is 12.4. The molecule has 0 amide bonds. The molecule has 4 aliphatic heterocycles. The molecule has 0 radical (unpaired) electrons. The van der Waals surface area contributed by atoms with Crippen molar-refractivity contribution < 1.29 is 50.0 Å². The lowest BCUT2D eigenvalue weighted by molar-refractivity contribution is -0.552. The van der Waals surface area contributed by atoms with Crippen LogP contribution in [0.2, 0.25) is 0 Å². The number of nitrogens with zero attached hydrogens (tertiary/aromatic N) is 1. The monoisotopic (exact) mass is 392 g/mol. The van der Waals surface area contributed by atoms with E-state index in [2.05, 4.69) is 10.3 Å². The number of aliphatic imine (C=N–C) groups is 1. The zero-order valence-corrected chi connectivity index (χ0v) is 13.6. The van der Waals surface area contributed by atoms with Crippen molar-refractivity contribution in [3.05, 3.63) is 0 Å². The third-order valence-corrected chi connectivity index (χ3v) is 5.99. The Morgan fingerprint density at radius 2 is 1.81 bits per heavy atom. The number of carboxylic acid groups (broad SMARTS) is 1. The van der Waals surface area contributed by atoms with Crippen LogP contribution in [-0.4, -0.2) is 108 Å². The summed E-state index contributed by atoms with van der Waals surface area (Å²) in [6, 6.07) is -2.02. The molecular formula is C13H20N4O10. The number of aliphatic carboxylic acids is 1. The highest BCUT2D eigenvalue weighted by Gasteiger charge is 2.84. The van der Waals surface area contributed by atoms with Crippen molar-refractivity contribution in [2.24, 2.45) is 22.4 Å². The molecule has 0 aromatic carbocycles. The van der Waals surface area contributed by atoms with Crippen molar-refractivity contribution in [2.45, 2.75) is 59.9 Å². The maximum atomic E-state index is 11.2. The van der Waals surface area contributed by atoms with Gasteiger partial charge in [0.1, 0.15) is 41.6 Å². The van der Waals surface area contributed by atoms with E-state index in [0.29, 0.717) is 0 Å². The van der Waals surface area contributed by atoms with Gasteiger partial charge in [0.2, 0.25) is 0 Å². The van der Waals surface area contributed by atoms with E-state index in [9.17, 15) is 35.4 Å². The standard InChI is InChI=1S/C13H20N4O10/c14-2(8(21)22)3(18)12(24)5-1-7(20)16-10(15)17-11(1)4(19)6(12)27-13(25,26-5)9(11)23/h1-7,9,18-20,23-25H,14H2,(H,21,22)(H3,15,16,17)/t1?,2?,3?,4-,5?,6?,7?,9+,11-,12+,13?/m1/s1. The Bertz CT molecular complexity index is 723. The van der Waals surface area contributed by atoms with Crippen LogP contribution in [0, 0.1) is 5.92 Å². The molecule has 14 nitrogen and oxygen atoms in total. The molecule has 0 aromatic rings. The molecule has 14 heteroatoms. The third kappa shape index (κ3) is 1.94. The predicted octanol–water partition coefficient (Wildman–Crippen LogP) is -6.74. The van der Waals surface area contributed by atoms with Crippen molar-refractivity contribution in [3.8, 4) is 0 Å². The summed E-state index contributed by atoms with van der Waals surface area (Å²) >= 11 is 0. The van der Waals surface area contributed by atoms with Gasteiger partial charge in [-0.25, -0.2) is 4.99 Å². The number of carbonyl (C=O) groups is 1. The number of hydrogen-bond acceptors (Lipinski definition) is 13. The fraction of sp³-hybridized carbons (Fsp3) is 0.846. The maximum Gasteiger partial charge on any atom is 0.323 e.